The lowest BCUT2D eigenvalue weighted by Crippen LogP contribution is -2.19. The van der Waals surface area contributed by atoms with Gasteiger partial charge >= 0.3 is 0 Å². The average molecular weight is 277 g/mol. The Hall–Kier alpha value is -1.63. The molecule has 0 radical (unpaired) electrons. The van der Waals surface area contributed by atoms with Gasteiger partial charge in [0.25, 0.3) is 0 Å². The molecule has 1 aromatic heterocycles. The third kappa shape index (κ3) is 2.19. The second kappa shape index (κ2) is 4.69. The monoisotopic (exact) mass is 277 g/mol. The minimum atomic E-state index is 0.480. The van der Waals surface area contributed by atoms with E-state index in [-0.39, 0.29) is 0 Å². The van der Waals surface area contributed by atoms with Crippen LogP contribution in [0.15, 0.2) is 36.4 Å². The Morgan fingerprint density at radius 2 is 2.05 bits per heavy atom. The molecule has 0 unspecified atom stereocenters. The Kier molecular flexibility index (Phi) is 2.92. The zero-order valence-corrected chi connectivity index (χ0v) is 13.0. The fourth-order valence-corrected chi connectivity index (χ4v) is 4.52. The third-order valence-electron chi connectivity index (χ3n) is 5.46. The first-order valence-corrected chi connectivity index (χ1v) is 8.20. The van der Waals surface area contributed by atoms with Crippen LogP contribution < -0.4 is 0 Å². The van der Waals surface area contributed by atoms with E-state index in [1.54, 1.807) is 11.1 Å². The van der Waals surface area contributed by atoms with Crippen molar-refractivity contribution in [1.29, 1.82) is 0 Å². The molecule has 1 heteroatoms. The van der Waals surface area contributed by atoms with Gasteiger partial charge in [0.05, 0.1) is 0 Å². The van der Waals surface area contributed by atoms with Gasteiger partial charge in [-0.2, -0.15) is 0 Å². The van der Waals surface area contributed by atoms with Crippen LogP contribution in [0.25, 0.3) is 0 Å². The Labute approximate surface area is 127 Å². The molecule has 2 aliphatic carbocycles. The maximum absolute atomic E-state index is 4.75. The SMILES string of the molecule is Cc1cc(C)nc(C[C@@H]2C[C@]23CCCc2ccccc23)c1. The minimum absolute atomic E-state index is 0.480. The van der Waals surface area contributed by atoms with Crippen LogP contribution in [0.2, 0.25) is 0 Å². The molecule has 0 bridgehead atoms. The number of rotatable bonds is 2. The second-order valence-corrected chi connectivity index (χ2v) is 7.05. The van der Waals surface area contributed by atoms with Gasteiger partial charge in [-0.1, -0.05) is 24.3 Å². The Bertz CT molecular complexity index is 668. The van der Waals surface area contributed by atoms with Gasteiger partial charge in [0.1, 0.15) is 0 Å². The Morgan fingerprint density at radius 1 is 1.19 bits per heavy atom. The van der Waals surface area contributed by atoms with E-state index in [1.165, 1.54) is 36.9 Å². The summed E-state index contributed by atoms with van der Waals surface area (Å²) in [6, 6.07) is 13.6. The summed E-state index contributed by atoms with van der Waals surface area (Å²) in [6.07, 6.45) is 6.51. The number of aryl methyl sites for hydroxylation is 3. The maximum Gasteiger partial charge on any atom is 0.0412 e. The second-order valence-electron chi connectivity index (χ2n) is 7.05. The average Bonchev–Trinajstić information content (AvgIpc) is 3.11. The minimum Gasteiger partial charge on any atom is -0.258 e. The van der Waals surface area contributed by atoms with Crippen molar-refractivity contribution in [3.8, 4) is 0 Å². The summed E-state index contributed by atoms with van der Waals surface area (Å²) < 4.78 is 0. The smallest absolute Gasteiger partial charge is 0.0412 e. The van der Waals surface area contributed by atoms with Crippen molar-refractivity contribution in [1.82, 2.24) is 4.98 Å². The van der Waals surface area contributed by atoms with Gasteiger partial charge in [0, 0.05) is 11.4 Å². The molecule has 4 rings (SSSR count). The van der Waals surface area contributed by atoms with E-state index in [0.717, 1.165) is 18.0 Å². The van der Waals surface area contributed by atoms with E-state index >= 15 is 0 Å². The number of fused-ring (bicyclic) bond motifs is 2. The van der Waals surface area contributed by atoms with Crippen LogP contribution in [0.1, 0.15) is 47.3 Å². The highest BCUT2D eigenvalue weighted by Gasteiger charge is 2.56. The summed E-state index contributed by atoms with van der Waals surface area (Å²) in [5, 5.41) is 0. The van der Waals surface area contributed by atoms with Crippen molar-refractivity contribution in [3.05, 3.63) is 64.5 Å². The van der Waals surface area contributed by atoms with Gasteiger partial charge < -0.3 is 0 Å². The first-order chi connectivity index (χ1) is 10.2. The molecule has 21 heavy (non-hydrogen) atoms. The molecule has 1 nitrogen and oxygen atoms in total. The molecule has 1 heterocycles. The fourth-order valence-electron chi connectivity index (χ4n) is 4.52. The molecule has 2 aromatic rings. The number of hydrogen-bond donors (Lipinski definition) is 0. The third-order valence-corrected chi connectivity index (χ3v) is 5.46. The van der Waals surface area contributed by atoms with E-state index in [2.05, 4.69) is 50.2 Å². The van der Waals surface area contributed by atoms with Crippen molar-refractivity contribution in [2.45, 2.75) is 51.4 Å². The first-order valence-electron chi connectivity index (χ1n) is 8.20. The van der Waals surface area contributed by atoms with E-state index in [4.69, 9.17) is 4.98 Å². The Balaban J connectivity index is 1.61. The molecule has 1 aromatic carbocycles. The number of hydrogen-bond acceptors (Lipinski definition) is 1. The first kappa shape index (κ1) is 13.1. The van der Waals surface area contributed by atoms with Crippen molar-refractivity contribution in [3.63, 3.8) is 0 Å². The molecule has 108 valence electrons. The van der Waals surface area contributed by atoms with E-state index in [1.807, 2.05) is 0 Å². The van der Waals surface area contributed by atoms with Crippen molar-refractivity contribution < 1.29 is 0 Å². The maximum atomic E-state index is 4.75. The molecule has 0 N–H and O–H groups in total. The molecule has 0 amide bonds. The summed E-state index contributed by atoms with van der Waals surface area (Å²) in [6.45, 7) is 4.28. The highest BCUT2D eigenvalue weighted by molar-refractivity contribution is 5.43. The lowest BCUT2D eigenvalue weighted by molar-refractivity contribution is 0.493. The quantitative estimate of drug-likeness (QED) is 0.785. The largest absolute Gasteiger partial charge is 0.258 e. The van der Waals surface area contributed by atoms with Crippen molar-refractivity contribution in [2.75, 3.05) is 0 Å². The predicted molar refractivity (Wildman–Crippen MR) is 86.6 cm³/mol. The number of benzene rings is 1. The molecule has 0 saturated heterocycles. The lowest BCUT2D eigenvalue weighted by atomic mass is 9.78. The van der Waals surface area contributed by atoms with Crippen LogP contribution >= 0.6 is 0 Å². The van der Waals surface area contributed by atoms with Crippen LogP contribution in [0.5, 0.6) is 0 Å². The zero-order chi connectivity index (χ0) is 14.4. The topological polar surface area (TPSA) is 12.9 Å². The van der Waals surface area contributed by atoms with Crippen molar-refractivity contribution in [2.24, 2.45) is 5.92 Å². The summed E-state index contributed by atoms with van der Waals surface area (Å²) >= 11 is 0. The molecular formula is C20H23N. The molecule has 0 aliphatic heterocycles. The molecule has 1 saturated carbocycles. The van der Waals surface area contributed by atoms with E-state index in [0.29, 0.717) is 5.41 Å². The summed E-state index contributed by atoms with van der Waals surface area (Å²) in [4.78, 5) is 4.75. The van der Waals surface area contributed by atoms with Crippen LogP contribution in [0.4, 0.5) is 0 Å². The van der Waals surface area contributed by atoms with Gasteiger partial charge in [0.15, 0.2) is 0 Å². The van der Waals surface area contributed by atoms with Gasteiger partial charge in [0.2, 0.25) is 0 Å². The Morgan fingerprint density at radius 3 is 2.90 bits per heavy atom. The summed E-state index contributed by atoms with van der Waals surface area (Å²) in [5.74, 6) is 0.799. The molecule has 2 aliphatic rings. The van der Waals surface area contributed by atoms with Crippen LogP contribution in [0, 0.1) is 19.8 Å². The molecule has 1 spiro atoms. The van der Waals surface area contributed by atoms with Crippen LogP contribution in [0.3, 0.4) is 0 Å². The van der Waals surface area contributed by atoms with Crippen LogP contribution in [-0.4, -0.2) is 4.98 Å². The van der Waals surface area contributed by atoms with Gasteiger partial charge in [-0.15, -0.1) is 0 Å². The zero-order valence-electron chi connectivity index (χ0n) is 13.0. The van der Waals surface area contributed by atoms with Crippen LogP contribution in [-0.2, 0) is 18.3 Å². The molecule has 2 atom stereocenters. The highest BCUT2D eigenvalue weighted by Crippen LogP contribution is 2.61. The van der Waals surface area contributed by atoms with Gasteiger partial charge in [-0.25, -0.2) is 0 Å². The fraction of sp³-hybridized carbons (Fsp3) is 0.450. The number of nitrogens with zero attached hydrogens (tertiary/aromatic N) is 1. The number of aromatic nitrogens is 1. The number of pyridine rings is 1. The van der Waals surface area contributed by atoms with Gasteiger partial charge in [-0.3, -0.25) is 4.98 Å². The van der Waals surface area contributed by atoms with E-state index < -0.39 is 0 Å². The van der Waals surface area contributed by atoms with E-state index in [9.17, 15) is 0 Å². The van der Waals surface area contributed by atoms with Gasteiger partial charge in [-0.05, 0) is 86.1 Å². The summed E-state index contributed by atoms with van der Waals surface area (Å²) in [7, 11) is 0. The van der Waals surface area contributed by atoms with Crippen molar-refractivity contribution >= 4 is 0 Å². The normalized spacial score (nSPS) is 26.7. The lowest BCUT2D eigenvalue weighted by Gasteiger charge is -2.26. The molecular weight excluding hydrogens is 254 g/mol. The standard InChI is InChI=1S/C20H23N/c1-14-10-15(2)21-18(11-14)12-17-13-20(17)9-5-7-16-6-3-4-8-19(16)20/h3-4,6,8,10-11,17H,5,7,9,12-13H2,1-2H3/t17-,20-/m1/s1. The summed E-state index contributed by atoms with van der Waals surface area (Å²) in [5.41, 5.74) is 7.51. The predicted octanol–water partition coefficient (Wildman–Crippen LogP) is 4.54. The molecule has 1 fully saturated rings. The highest BCUT2D eigenvalue weighted by atomic mass is 14.7.